The molecule has 1 aromatic heterocycles. The van der Waals surface area contributed by atoms with E-state index in [2.05, 4.69) is 5.32 Å². The van der Waals surface area contributed by atoms with Gasteiger partial charge in [-0.25, -0.2) is 4.90 Å². The molecule has 0 saturated carbocycles. The third-order valence-corrected chi connectivity index (χ3v) is 6.01. The second-order valence-corrected chi connectivity index (χ2v) is 7.86. The third kappa shape index (κ3) is 3.51. The Morgan fingerprint density at radius 2 is 1.76 bits per heavy atom. The second-order valence-electron chi connectivity index (χ2n) is 6.10. The van der Waals surface area contributed by atoms with Crippen LogP contribution in [0.15, 0.2) is 65.7 Å². The normalized spacial score (nSPS) is 14.0. The first-order valence-electron chi connectivity index (χ1n) is 8.53. The molecule has 0 fully saturated rings. The predicted molar refractivity (Wildman–Crippen MR) is 117 cm³/mol. The lowest BCUT2D eigenvalue weighted by molar-refractivity contribution is -0.120. The molecule has 1 aliphatic rings. The van der Waals surface area contributed by atoms with Crippen LogP contribution in [0, 0.1) is 0 Å². The highest BCUT2D eigenvalue weighted by atomic mass is 35.5. The van der Waals surface area contributed by atoms with Crippen molar-refractivity contribution in [1.29, 1.82) is 0 Å². The van der Waals surface area contributed by atoms with Crippen molar-refractivity contribution in [3.63, 3.8) is 0 Å². The van der Waals surface area contributed by atoms with Gasteiger partial charge in [0.05, 0.1) is 34.1 Å². The Morgan fingerprint density at radius 1 is 0.966 bits per heavy atom. The molecule has 29 heavy (non-hydrogen) atoms. The van der Waals surface area contributed by atoms with Crippen LogP contribution in [-0.4, -0.2) is 18.9 Å². The molecule has 2 heterocycles. The van der Waals surface area contributed by atoms with E-state index in [-0.39, 0.29) is 10.7 Å². The Bertz CT molecular complexity index is 1140. The number of carbonyl (C=O) groups is 2. The molecule has 5 nitrogen and oxygen atoms in total. The monoisotopic (exact) mass is 444 g/mol. The molecule has 1 aliphatic heterocycles. The van der Waals surface area contributed by atoms with Crippen molar-refractivity contribution < 1.29 is 14.3 Å². The van der Waals surface area contributed by atoms with E-state index in [1.165, 1.54) is 17.4 Å². The molecule has 2 amide bonds. The summed E-state index contributed by atoms with van der Waals surface area (Å²) in [5.41, 5.74) is 1.39. The second kappa shape index (κ2) is 7.91. The van der Waals surface area contributed by atoms with E-state index in [0.717, 1.165) is 4.90 Å². The van der Waals surface area contributed by atoms with E-state index >= 15 is 0 Å². The van der Waals surface area contributed by atoms with Crippen LogP contribution in [0.25, 0.3) is 5.57 Å². The largest absolute Gasteiger partial charge is 0.495 e. The zero-order valence-electron chi connectivity index (χ0n) is 15.1. The average Bonchev–Trinajstić information content (AvgIpc) is 3.32. The smallest absolute Gasteiger partial charge is 0.282 e. The van der Waals surface area contributed by atoms with Gasteiger partial charge in [0.1, 0.15) is 11.4 Å². The van der Waals surface area contributed by atoms with Gasteiger partial charge >= 0.3 is 0 Å². The van der Waals surface area contributed by atoms with Crippen molar-refractivity contribution in [3.05, 3.63) is 80.6 Å². The molecule has 0 aliphatic carbocycles. The Morgan fingerprint density at radius 3 is 2.45 bits per heavy atom. The van der Waals surface area contributed by atoms with Crippen molar-refractivity contribution >= 4 is 63.3 Å². The highest BCUT2D eigenvalue weighted by molar-refractivity contribution is 7.11. The number of thiophene rings is 1. The standard InChI is InChI=1S/C21H14Cl2N2O3S/c1-28-16-6-3-2-5-15(16)24-19-18(17-7-4-10-29-17)20(26)25(21(19)27)12-8-9-13(22)14(23)11-12/h2-11,24H,1H3. The van der Waals surface area contributed by atoms with Gasteiger partial charge in [0.15, 0.2) is 0 Å². The highest BCUT2D eigenvalue weighted by Crippen LogP contribution is 2.38. The summed E-state index contributed by atoms with van der Waals surface area (Å²) in [7, 11) is 1.54. The molecule has 4 rings (SSSR count). The summed E-state index contributed by atoms with van der Waals surface area (Å²) < 4.78 is 5.36. The average molecular weight is 445 g/mol. The minimum Gasteiger partial charge on any atom is -0.495 e. The molecule has 2 aromatic carbocycles. The van der Waals surface area contributed by atoms with Crippen molar-refractivity contribution in [2.45, 2.75) is 0 Å². The van der Waals surface area contributed by atoms with Crippen molar-refractivity contribution in [2.24, 2.45) is 0 Å². The minimum atomic E-state index is -0.484. The zero-order valence-corrected chi connectivity index (χ0v) is 17.4. The van der Waals surface area contributed by atoms with Crippen molar-refractivity contribution in [1.82, 2.24) is 0 Å². The number of hydrogen-bond acceptors (Lipinski definition) is 5. The lowest BCUT2D eigenvalue weighted by atomic mass is 10.1. The molecule has 0 bridgehead atoms. The number of nitrogens with zero attached hydrogens (tertiary/aromatic N) is 1. The number of methoxy groups -OCH3 is 1. The quantitative estimate of drug-likeness (QED) is 0.530. The number of halogens is 2. The van der Waals surface area contributed by atoms with E-state index in [9.17, 15) is 9.59 Å². The lowest BCUT2D eigenvalue weighted by Gasteiger charge is -2.16. The first-order valence-corrected chi connectivity index (χ1v) is 10.2. The van der Waals surface area contributed by atoms with Crippen LogP contribution >= 0.6 is 34.5 Å². The topological polar surface area (TPSA) is 58.6 Å². The number of benzene rings is 2. The summed E-state index contributed by atoms with van der Waals surface area (Å²) in [4.78, 5) is 28.3. The van der Waals surface area contributed by atoms with Crippen LogP contribution < -0.4 is 15.0 Å². The summed E-state index contributed by atoms with van der Waals surface area (Å²) in [6.45, 7) is 0. The molecule has 0 saturated heterocycles. The van der Waals surface area contributed by atoms with E-state index in [4.69, 9.17) is 27.9 Å². The van der Waals surface area contributed by atoms with Gasteiger partial charge in [-0.15, -0.1) is 11.3 Å². The first-order chi connectivity index (χ1) is 14.0. The maximum absolute atomic E-state index is 13.3. The number of ether oxygens (including phenoxy) is 1. The van der Waals surface area contributed by atoms with Gasteiger partial charge in [-0.05, 0) is 41.8 Å². The van der Waals surface area contributed by atoms with Crippen LogP contribution in [-0.2, 0) is 9.59 Å². The lowest BCUT2D eigenvalue weighted by Crippen LogP contribution is -2.32. The third-order valence-electron chi connectivity index (χ3n) is 4.38. The number of rotatable bonds is 5. The predicted octanol–water partition coefficient (Wildman–Crippen LogP) is 5.46. The molecule has 0 unspecified atom stereocenters. The van der Waals surface area contributed by atoms with Crippen LogP contribution in [0.2, 0.25) is 10.0 Å². The van der Waals surface area contributed by atoms with E-state index < -0.39 is 11.8 Å². The highest BCUT2D eigenvalue weighted by Gasteiger charge is 2.41. The number of imide groups is 1. The number of anilines is 2. The SMILES string of the molecule is COc1ccccc1NC1=C(c2cccs2)C(=O)N(c2ccc(Cl)c(Cl)c2)C1=O. The number of para-hydroxylation sites is 2. The summed E-state index contributed by atoms with van der Waals surface area (Å²) in [6, 6.07) is 15.4. The summed E-state index contributed by atoms with van der Waals surface area (Å²) in [5, 5.41) is 5.54. The molecule has 8 heteroatoms. The number of nitrogens with one attached hydrogen (secondary N) is 1. The fraction of sp³-hybridized carbons (Fsp3) is 0.0476. The van der Waals surface area contributed by atoms with Crippen LogP contribution in [0.5, 0.6) is 5.75 Å². The van der Waals surface area contributed by atoms with Gasteiger partial charge in [-0.2, -0.15) is 0 Å². The number of carbonyl (C=O) groups excluding carboxylic acids is 2. The molecule has 0 atom stereocenters. The van der Waals surface area contributed by atoms with Gasteiger partial charge in [-0.1, -0.05) is 41.4 Å². The zero-order chi connectivity index (χ0) is 20.5. The van der Waals surface area contributed by atoms with Gasteiger partial charge in [0.2, 0.25) is 0 Å². The van der Waals surface area contributed by atoms with Crippen LogP contribution in [0.1, 0.15) is 4.88 Å². The van der Waals surface area contributed by atoms with E-state index in [1.807, 2.05) is 23.6 Å². The van der Waals surface area contributed by atoms with Gasteiger partial charge in [-0.3, -0.25) is 9.59 Å². The van der Waals surface area contributed by atoms with Gasteiger partial charge < -0.3 is 10.1 Å². The van der Waals surface area contributed by atoms with Gasteiger partial charge in [0.25, 0.3) is 11.8 Å². The number of amides is 2. The summed E-state index contributed by atoms with van der Waals surface area (Å²) >= 11 is 13.5. The first kappa shape index (κ1) is 19.5. The molecule has 1 N–H and O–H groups in total. The Hall–Kier alpha value is -2.80. The van der Waals surface area contributed by atoms with Crippen molar-refractivity contribution in [2.75, 3.05) is 17.3 Å². The molecule has 0 radical (unpaired) electrons. The van der Waals surface area contributed by atoms with Gasteiger partial charge in [0, 0.05) is 4.88 Å². The molecule has 0 spiro atoms. The Labute approximate surface area is 181 Å². The molecular weight excluding hydrogens is 431 g/mol. The summed E-state index contributed by atoms with van der Waals surface area (Å²) in [5.74, 6) is -0.366. The fourth-order valence-electron chi connectivity index (χ4n) is 3.04. The fourth-order valence-corrected chi connectivity index (χ4v) is 4.10. The van der Waals surface area contributed by atoms with Crippen LogP contribution in [0.3, 0.4) is 0 Å². The van der Waals surface area contributed by atoms with Crippen LogP contribution in [0.4, 0.5) is 11.4 Å². The number of hydrogen-bond donors (Lipinski definition) is 1. The summed E-state index contributed by atoms with van der Waals surface area (Å²) in [6.07, 6.45) is 0. The molecular formula is C21H14Cl2N2O3S. The Kier molecular flexibility index (Phi) is 5.32. The Balaban J connectivity index is 1.82. The molecule has 3 aromatic rings. The van der Waals surface area contributed by atoms with E-state index in [1.54, 1.807) is 37.4 Å². The maximum atomic E-state index is 13.3. The minimum absolute atomic E-state index is 0.174. The maximum Gasteiger partial charge on any atom is 0.282 e. The van der Waals surface area contributed by atoms with Crippen molar-refractivity contribution in [3.8, 4) is 5.75 Å². The molecule has 146 valence electrons. The van der Waals surface area contributed by atoms with E-state index in [0.29, 0.717) is 32.6 Å².